The van der Waals surface area contributed by atoms with Gasteiger partial charge in [-0.2, -0.15) is 8.78 Å². The molecule has 0 aromatic carbocycles. The van der Waals surface area contributed by atoms with Gasteiger partial charge in [-0.05, 0) is 13.1 Å². The summed E-state index contributed by atoms with van der Waals surface area (Å²) >= 11 is 0. The second-order valence-corrected chi connectivity index (χ2v) is 4.57. The Bertz CT molecular complexity index is 489. The number of likely N-dealkylation sites (N-methyl/N-ethyl adjacent to an activating group) is 2. The van der Waals surface area contributed by atoms with Crippen LogP contribution < -0.4 is 10.1 Å². The molecule has 0 unspecified atom stereocenters. The average molecular weight is 360 g/mol. The van der Waals surface area contributed by atoms with E-state index in [4.69, 9.17) is 0 Å². The lowest BCUT2D eigenvalue weighted by Gasteiger charge is -2.17. The molecule has 5 nitrogen and oxygen atoms in total. The third kappa shape index (κ3) is 6.57. The Morgan fingerprint density at radius 3 is 2.57 bits per heavy atom. The van der Waals surface area contributed by atoms with Gasteiger partial charge >= 0.3 is 12.3 Å². The first-order valence-corrected chi connectivity index (χ1v) is 6.43. The van der Waals surface area contributed by atoms with E-state index in [1.54, 1.807) is 14.1 Å². The Morgan fingerprint density at radius 2 is 2.09 bits per heavy atom. The molecule has 0 radical (unpaired) electrons. The van der Waals surface area contributed by atoms with Gasteiger partial charge in [0.05, 0.1) is 5.56 Å². The Morgan fingerprint density at radius 1 is 1.43 bits per heavy atom. The lowest BCUT2D eigenvalue weighted by atomic mass is 10.2. The van der Waals surface area contributed by atoms with Crippen LogP contribution in [-0.4, -0.2) is 61.9 Å². The average Bonchev–Trinajstić information content (AvgIpc) is 2.50. The molecule has 0 atom stereocenters. The number of amides is 1. The normalized spacial score (nSPS) is 11.1. The SMILES string of the molecule is CNCCN(C)C(=O)c1ccc(OCC(F)(F)C(F)F)nc1.Cl. The Kier molecular flexibility index (Phi) is 8.85. The van der Waals surface area contributed by atoms with Gasteiger partial charge in [-0.1, -0.05) is 0 Å². The first kappa shape index (κ1) is 21.4. The summed E-state index contributed by atoms with van der Waals surface area (Å²) in [5, 5.41) is 2.89. The summed E-state index contributed by atoms with van der Waals surface area (Å²) in [6.07, 6.45) is -2.66. The van der Waals surface area contributed by atoms with Crippen molar-refractivity contribution in [2.24, 2.45) is 0 Å². The summed E-state index contributed by atoms with van der Waals surface area (Å²) in [4.78, 5) is 17.1. The van der Waals surface area contributed by atoms with E-state index in [9.17, 15) is 22.4 Å². The summed E-state index contributed by atoms with van der Waals surface area (Å²) in [6, 6.07) is 2.52. The quantitative estimate of drug-likeness (QED) is 0.722. The second-order valence-electron chi connectivity index (χ2n) is 4.57. The molecule has 0 saturated heterocycles. The highest BCUT2D eigenvalue weighted by molar-refractivity contribution is 5.93. The number of pyridine rings is 1. The number of alkyl halides is 4. The van der Waals surface area contributed by atoms with Gasteiger partial charge in [0.15, 0.2) is 6.61 Å². The van der Waals surface area contributed by atoms with Crippen LogP contribution in [0, 0.1) is 0 Å². The molecule has 0 aliphatic heterocycles. The highest BCUT2D eigenvalue weighted by atomic mass is 35.5. The van der Waals surface area contributed by atoms with E-state index in [0.29, 0.717) is 13.1 Å². The molecule has 1 aromatic rings. The number of aromatic nitrogens is 1. The summed E-state index contributed by atoms with van der Waals surface area (Å²) in [5.74, 6) is -4.80. The third-order valence-corrected chi connectivity index (χ3v) is 2.76. The molecule has 1 rings (SSSR count). The van der Waals surface area contributed by atoms with Gasteiger partial charge in [0.25, 0.3) is 5.91 Å². The van der Waals surface area contributed by atoms with Crippen molar-refractivity contribution < 1.29 is 27.1 Å². The van der Waals surface area contributed by atoms with Gasteiger partial charge in [0.2, 0.25) is 5.88 Å². The van der Waals surface area contributed by atoms with Crippen LogP contribution in [0.2, 0.25) is 0 Å². The predicted molar refractivity (Wildman–Crippen MR) is 78.8 cm³/mol. The van der Waals surface area contributed by atoms with Crippen molar-refractivity contribution >= 4 is 18.3 Å². The molecule has 0 fully saturated rings. The fraction of sp³-hybridized carbons (Fsp3) is 0.538. The molecule has 0 aliphatic rings. The van der Waals surface area contributed by atoms with Crippen molar-refractivity contribution in [2.45, 2.75) is 12.3 Å². The predicted octanol–water partition coefficient (Wildman–Crippen LogP) is 2.07. The van der Waals surface area contributed by atoms with Crippen LogP contribution in [0.15, 0.2) is 18.3 Å². The number of hydrogen-bond acceptors (Lipinski definition) is 4. The summed E-state index contributed by atoms with van der Waals surface area (Å²) in [5.41, 5.74) is 0.242. The minimum Gasteiger partial charge on any atom is -0.471 e. The number of carbonyl (C=O) groups excluding carboxylic acids is 1. The molecule has 0 spiro atoms. The zero-order valence-corrected chi connectivity index (χ0v) is 13.4. The monoisotopic (exact) mass is 359 g/mol. The Hall–Kier alpha value is -1.61. The molecule has 0 saturated carbocycles. The number of halogens is 5. The lowest BCUT2D eigenvalue weighted by molar-refractivity contribution is -0.148. The van der Waals surface area contributed by atoms with Crippen molar-refractivity contribution in [2.75, 3.05) is 33.8 Å². The van der Waals surface area contributed by atoms with E-state index in [0.717, 1.165) is 6.20 Å². The molecule has 1 heterocycles. The highest BCUT2D eigenvalue weighted by Gasteiger charge is 2.41. The Labute approximate surface area is 137 Å². The van der Waals surface area contributed by atoms with E-state index in [1.165, 1.54) is 17.0 Å². The Balaban J connectivity index is 0.00000484. The minimum absolute atomic E-state index is 0. The van der Waals surface area contributed by atoms with Crippen LogP contribution in [0.4, 0.5) is 17.6 Å². The van der Waals surface area contributed by atoms with Crippen molar-refractivity contribution in [3.05, 3.63) is 23.9 Å². The van der Waals surface area contributed by atoms with Crippen LogP contribution in [0.5, 0.6) is 5.88 Å². The van der Waals surface area contributed by atoms with Crippen LogP contribution >= 0.6 is 12.4 Å². The molecule has 0 bridgehead atoms. The van der Waals surface area contributed by atoms with Crippen molar-refractivity contribution in [3.8, 4) is 5.88 Å². The van der Waals surface area contributed by atoms with E-state index >= 15 is 0 Å². The maximum absolute atomic E-state index is 12.7. The number of rotatable bonds is 8. The summed E-state index contributed by atoms with van der Waals surface area (Å²) in [6.45, 7) is -0.388. The molecule has 1 aromatic heterocycles. The summed E-state index contributed by atoms with van der Waals surface area (Å²) in [7, 11) is 3.36. The van der Waals surface area contributed by atoms with Crippen LogP contribution in [-0.2, 0) is 0 Å². The highest BCUT2D eigenvalue weighted by Crippen LogP contribution is 2.23. The van der Waals surface area contributed by atoms with E-state index in [1.807, 2.05) is 0 Å². The molecular formula is C13H18ClF4N3O2. The van der Waals surface area contributed by atoms with Gasteiger partial charge in [-0.3, -0.25) is 4.79 Å². The van der Waals surface area contributed by atoms with Gasteiger partial charge in [-0.15, -0.1) is 12.4 Å². The molecule has 1 amide bonds. The van der Waals surface area contributed by atoms with Gasteiger partial charge in [-0.25, -0.2) is 13.8 Å². The maximum Gasteiger partial charge on any atom is 0.340 e. The molecule has 0 aliphatic carbocycles. The van der Waals surface area contributed by atoms with Crippen LogP contribution in [0.3, 0.4) is 0 Å². The first-order chi connectivity index (χ1) is 10.3. The topological polar surface area (TPSA) is 54.5 Å². The smallest absolute Gasteiger partial charge is 0.340 e. The number of carbonyl (C=O) groups is 1. The summed E-state index contributed by atoms with van der Waals surface area (Å²) < 4.78 is 53.8. The van der Waals surface area contributed by atoms with Crippen molar-refractivity contribution in [1.29, 1.82) is 0 Å². The third-order valence-electron chi connectivity index (χ3n) is 2.76. The molecule has 132 valence electrons. The van der Waals surface area contributed by atoms with E-state index < -0.39 is 19.0 Å². The first-order valence-electron chi connectivity index (χ1n) is 6.43. The van der Waals surface area contributed by atoms with Crippen molar-refractivity contribution in [1.82, 2.24) is 15.2 Å². The van der Waals surface area contributed by atoms with Crippen LogP contribution in [0.1, 0.15) is 10.4 Å². The maximum atomic E-state index is 12.7. The standard InChI is InChI=1S/C13H17F4N3O2.ClH/c1-18-5-6-20(2)11(21)9-3-4-10(19-7-9)22-8-13(16,17)12(14)15;/h3-4,7,12,18H,5-6,8H2,1-2H3;1H. The fourth-order valence-electron chi connectivity index (χ4n) is 1.43. The zero-order chi connectivity index (χ0) is 16.8. The lowest BCUT2D eigenvalue weighted by Crippen LogP contribution is -2.34. The van der Waals surface area contributed by atoms with E-state index in [2.05, 4.69) is 15.0 Å². The number of hydrogen-bond donors (Lipinski definition) is 1. The van der Waals surface area contributed by atoms with Gasteiger partial charge in [0.1, 0.15) is 0 Å². The van der Waals surface area contributed by atoms with Crippen LogP contribution in [0.25, 0.3) is 0 Å². The molecule has 1 N–H and O–H groups in total. The van der Waals surface area contributed by atoms with Gasteiger partial charge in [0, 0.05) is 32.4 Å². The van der Waals surface area contributed by atoms with Gasteiger partial charge < -0.3 is 15.0 Å². The number of nitrogens with zero attached hydrogens (tertiary/aromatic N) is 2. The zero-order valence-electron chi connectivity index (χ0n) is 12.6. The number of nitrogens with one attached hydrogen (secondary N) is 1. The largest absolute Gasteiger partial charge is 0.471 e. The second kappa shape index (κ2) is 9.51. The van der Waals surface area contributed by atoms with E-state index in [-0.39, 0.29) is 29.8 Å². The molecule has 23 heavy (non-hydrogen) atoms. The molecule has 10 heteroatoms. The molecular weight excluding hydrogens is 342 g/mol. The number of ether oxygens (including phenoxy) is 1. The minimum atomic E-state index is -4.25. The fourth-order valence-corrected chi connectivity index (χ4v) is 1.43. The van der Waals surface area contributed by atoms with Crippen molar-refractivity contribution in [3.63, 3.8) is 0 Å².